The van der Waals surface area contributed by atoms with Crippen LogP contribution in [0.25, 0.3) is 11.2 Å². The number of imidazole rings is 1. The highest BCUT2D eigenvalue weighted by Gasteiger charge is 2.56. The molecule has 1 saturated carbocycles. The highest BCUT2D eigenvalue weighted by atomic mass is 35.5. The number of hydrogen-bond donors (Lipinski definition) is 4. The number of carboxylic acid groups (broad SMARTS) is 1. The van der Waals surface area contributed by atoms with Crippen molar-refractivity contribution in [1.82, 2.24) is 19.5 Å². The lowest BCUT2D eigenvalue weighted by Crippen LogP contribution is -2.48. The lowest BCUT2D eigenvalue weighted by molar-refractivity contribution is -0.191. The van der Waals surface area contributed by atoms with Gasteiger partial charge in [-0.3, -0.25) is 4.57 Å². The van der Waals surface area contributed by atoms with Crippen LogP contribution >= 0.6 is 11.6 Å². The number of aliphatic hydroxyl groups excluding tert-OH is 2. The Labute approximate surface area is 244 Å². The highest BCUT2D eigenvalue weighted by molar-refractivity contribution is 6.28. The highest BCUT2D eigenvalue weighted by Crippen LogP contribution is 2.40. The lowest BCUT2D eigenvalue weighted by atomic mass is 9.93. The van der Waals surface area contributed by atoms with Gasteiger partial charge >= 0.3 is 12.1 Å². The normalized spacial score (nSPS) is 23.8. The van der Waals surface area contributed by atoms with Gasteiger partial charge in [-0.2, -0.15) is 19.6 Å². The number of rotatable bonds is 11. The SMILES string of the molecule is C#C[C@@]1(O)[C@@H](COC(Cc2ccccc2)C(=O)O)O[C@@H](n2cnc3c(N(CCO)C4CC4)nc(Cl)nc32)[C@@H]1O.O=C=O. The summed E-state index contributed by atoms with van der Waals surface area (Å²) in [7, 11) is 0. The monoisotopic (exact) mass is 601 g/mol. The number of aliphatic carboxylic acids is 1. The first kappa shape index (κ1) is 31.0. The number of aliphatic hydroxyl groups is 3. The summed E-state index contributed by atoms with van der Waals surface area (Å²) >= 11 is 6.24. The van der Waals surface area contributed by atoms with Crippen LogP contribution < -0.4 is 4.90 Å². The van der Waals surface area contributed by atoms with Gasteiger partial charge in [0, 0.05) is 19.0 Å². The van der Waals surface area contributed by atoms with E-state index in [1.807, 2.05) is 11.0 Å². The van der Waals surface area contributed by atoms with Crippen molar-refractivity contribution in [1.29, 1.82) is 0 Å². The number of anilines is 1. The summed E-state index contributed by atoms with van der Waals surface area (Å²) in [4.78, 5) is 43.0. The molecule has 0 bridgehead atoms. The molecule has 3 aromatic rings. The number of aromatic nitrogens is 4. The first-order chi connectivity index (χ1) is 20.2. The molecule has 1 aromatic carbocycles. The van der Waals surface area contributed by atoms with Crippen molar-refractivity contribution in [2.24, 2.45) is 0 Å². The Kier molecular flexibility index (Phi) is 9.87. The minimum absolute atomic E-state index is 0.0763. The summed E-state index contributed by atoms with van der Waals surface area (Å²) in [5.41, 5.74) is -0.853. The van der Waals surface area contributed by atoms with E-state index in [1.165, 1.54) is 10.9 Å². The maximum atomic E-state index is 11.8. The number of terminal acetylenes is 1. The summed E-state index contributed by atoms with van der Waals surface area (Å²) in [6.45, 7) is -0.173. The first-order valence-electron chi connectivity index (χ1n) is 12.9. The van der Waals surface area contributed by atoms with E-state index >= 15 is 0 Å². The number of nitrogens with zero attached hydrogens (tertiary/aromatic N) is 5. The molecule has 15 heteroatoms. The van der Waals surface area contributed by atoms with E-state index in [9.17, 15) is 25.2 Å². The molecule has 0 radical (unpaired) electrons. The minimum atomic E-state index is -2.20. The van der Waals surface area contributed by atoms with Crippen LogP contribution in [0, 0.1) is 12.3 Å². The molecule has 2 aliphatic rings. The number of carboxylic acids is 1. The average Bonchev–Trinajstić information content (AvgIpc) is 3.68. The molecular formula is C27H28ClN5O9. The lowest BCUT2D eigenvalue weighted by Gasteiger charge is -2.26. The zero-order valence-electron chi connectivity index (χ0n) is 22.1. The van der Waals surface area contributed by atoms with Crippen LogP contribution in [0.5, 0.6) is 0 Å². The van der Waals surface area contributed by atoms with Crippen molar-refractivity contribution in [2.45, 2.75) is 55.4 Å². The van der Waals surface area contributed by atoms with E-state index < -0.39 is 42.7 Å². The molecule has 42 heavy (non-hydrogen) atoms. The van der Waals surface area contributed by atoms with Crippen molar-refractivity contribution in [3.8, 4) is 12.3 Å². The number of hydrogen-bond acceptors (Lipinski definition) is 12. The van der Waals surface area contributed by atoms with Crippen molar-refractivity contribution in [3.63, 3.8) is 0 Å². The van der Waals surface area contributed by atoms with E-state index in [0.717, 1.165) is 18.4 Å². The van der Waals surface area contributed by atoms with Crippen LogP contribution in [0.15, 0.2) is 36.7 Å². The molecule has 1 aliphatic heterocycles. The van der Waals surface area contributed by atoms with E-state index in [4.69, 9.17) is 37.1 Å². The largest absolute Gasteiger partial charge is 0.479 e. The van der Waals surface area contributed by atoms with E-state index in [2.05, 4.69) is 20.9 Å². The second-order valence-electron chi connectivity index (χ2n) is 9.65. The quantitative estimate of drug-likeness (QED) is 0.172. The Hall–Kier alpha value is -3.93. The standard InChI is InChI=1S/C26H28ClN5O7.CO2/c1-2-26(37)18(13-38-17(24(35)36)12-15-6-4-3-5-7-15)39-23(20(26)34)32-14-28-19-21(29-25(27)30-22(19)32)31(10-11-33)16-8-9-16;2-1-3/h1,3-7,14,16-18,20,23,33-34,37H,8-13H2,(H,35,36);/t17?,18-,20+,23-,26-;/m1./s1. The molecule has 5 rings (SSSR count). The van der Waals surface area contributed by atoms with Gasteiger partial charge < -0.3 is 34.8 Å². The van der Waals surface area contributed by atoms with Gasteiger partial charge in [-0.15, -0.1) is 6.42 Å². The smallest absolute Gasteiger partial charge is 0.373 e. The van der Waals surface area contributed by atoms with Crippen LogP contribution in [0.2, 0.25) is 5.28 Å². The molecule has 0 amide bonds. The molecular weight excluding hydrogens is 574 g/mol. The first-order valence-corrected chi connectivity index (χ1v) is 13.2. The summed E-state index contributed by atoms with van der Waals surface area (Å²) < 4.78 is 13.0. The molecule has 1 aliphatic carbocycles. The Morgan fingerprint density at radius 1 is 1.29 bits per heavy atom. The van der Waals surface area contributed by atoms with Crippen molar-refractivity contribution in [3.05, 3.63) is 47.5 Å². The fourth-order valence-electron chi connectivity index (χ4n) is 4.78. The Balaban J connectivity index is 0.00000129. The van der Waals surface area contributed by atoms with Crippen LogP contribution in [0.1, 0.15) is 24.6 Å². The third-order valence-electron chi connectivity index (χ3n) is 6.99. The minimum Gasteiger partial charge on any atom is -0.479 e. The summed E-state index contributed by atoms with van der Waals surface area (Å²) in [6.07, 6.45) is 3.80. The fraction of sp³-hybridized carbons (Fsp3) is 0.444. The van der Waals surface area contributed by atoms with Crippen LogP contribution in [-0.2, 0) is 30.3 Å². The number of fused-ring (bicyclic) bond motifs is 1. The number of ether oxygens (including phenoxy) is 2. The van der Waals surface area contributed by atoms with Gasteiger partial charge in [0.25, 0.3) is 0 Å². The van der Waals surface area contributed by atoms with Gasteiger partial charge in [-0.1, -0.05) is 36.3 Å². The summed E-state index contributed by atoms with van der Waals surface area (Å²) in [5, 5.41) is 41.4. The number of benzene rings is 1. The number of halogens is 1. The van der Waals surface area contributed by atoms with Crippen molar-refractivity contribution >= 4 is 40.7 Å². The van der Waals surface area contributed by atoms with Crippen molar-refractivity contribution in [2.75, 3.05) is 24.7 Å². The van der Waals surface area contributed by atoms with Gasteiger partial charge in [0.05, 0.1) is 19.5 Å². The van der Waals surface area contributed by atoms with Crippen LogP contribution in [0.3, 0.4) is 0 Å². The molecule has 2 fully saturated rings. The number of carbonyl (C=O) groups excluding carboxylic acids is 2. The Morgan fingerprint density at radius 2 is 1.98 bits per heavy atom. The molecule has 2 aromatic heterocycles. The molecule has 3 heterocycles. The second-order valence-corrected chi connectivity index (χ2v) is 9.99. The van der Waals surface area contributed by atoms with Gasteiger partial charge in [0.1, 0.15) is 12.2 Å². The molecule has 4 N–H and O–H groups in total. The summed E-state index contributed by atoms with van der Waals surface area (Å²) in [6, 6.07) is 9.14. The van der Waals surface area contributed by atoms with Crippen LogP contribution in [-0.4, -0.2) is 102 Å². The van der Waals surface area contributed by atoms with Gasteiger partial charge in [-0.25, -0.2) is 9.78 Å². The molecule has 1 saturated heterocycles. The number of carbonyl (C=O) groups is 1. The van der Waals surface area contributed by atoms with E-state index in [1.54, 1.807) is 24.3 Å². The maximum absolute atomic E-state index is 11.8. The van der Waals surface area contributed by atoms with Crippen LogP contribution in [0.4, 0.5) is 5.82 Å². The topological polar surface area (TPSA) is 197 Å². The van der Waals surface area contributed by atoms with Gasteiger partial charge in [0.15, 0.2) is 34.9 Å². The third-order valence-corrected chi connectivity index (χ3v) is 7.15. The second kappa shape index (κ2) is 13.4. The molecule has 1 unspecified atom stereocenters. The molecule has 222 valence electrons. The third kappa shape index (κ3) is 6.43. The zero-order valence-corrected chi connectivity index (χ0v) is 22.9. The Morgan fingerprint density at radius 3 is 2.57 bits per heavy atom. The maximum Gasteiger partial charge on any atom is 0.373 e. The average molecular weight is 602 g/mol. The molecule has 14 nitrogen and oxygen atoms in total. The van der Waals surface area contributed by atoms with Crippen molar-refractivity contribution < 1.29 is 44.3 Å². The van der Waals surface area contributed by atoms with Gasteiger partial charge in [0.2, 0.25) is 5.28 Å². The molecule has 5 atom stereocenters. The fourth-order valence-corrected chi connectivity index (χ4v) is 4.94. The van der Waals surface area contributed by atoms with E-state index in [0.29, 0.717) is 17.9 Å². The predicted octanol–water partition coefficient (Wildman–Crippen LogP) is 0.192. The Bertz CT molecular complexity index is 1470. The van der Waals surface area contributed by atoms with Gasteiger partial charge in [-0.05, 0) is 30.0 Å². The predicted molar refractivity (Wildman–Crippen MR) is 144 cm³/mol. The summed E-state index contributed by atoms with van der Waals surface area (Å²) in [5.74, 6) is 1.43. The molecule has 0 spiro atoms. The van der Waals surface area contributed by atoms with E-state index in [-0.39, 0.29) is 36.2 Å². The zero-order chi connectivity index (χ0) is 30.4.